The predicted molar refractivity (Wildman–Crippen MR) is 57.2 cm³/mol. The van der Waals surface area contributed by atoms with Crippen LogP contribution >= 0.6 is 11.6 Å². The first-order valence-electron chi connectivity index (χ1n) is 4.33. The van der Waals surface area contributed by atoms with Gasteiger partial charge in [0.05, 0.1) is 10.7 Å². The molecule has 0 saturated carbocycles. The van der Waals surface area contributed by atoms with Crippen LogP contribution in [-0.2, 0) is 0 Å². The Balaban J connectivity index is 2.48. The molecule has 5 nitrogen and oxygen atoms in total. The third-order valence-electron chi connectivity index (χ3n) is 1.89. The number of nitrogens with zero attached hydrogens (tertiary/aromatic N) is 3. The summed E-state index contributed by atoms with van der Waals surface area (Å²) in [5.74, 6) is -1.10. The van der Waals surface area contributed by atoms with Crippen LogP contribution in [0.15, 0.2) is 30.9 Å². The molecule has 0 saturated heterocycles. The smallest absolute Gasteiger partial charge is 0.354 e. The first kappa shape index (κ1) is 10.5. The molecule has 0 aliphatic heterocycles. The fourth-order valence-corrected chi connectivity index (χ4v) is 1.36. The topological polar surface area (TPSA) is 76.0 Å². The van der Waals surface area contributed by atoms with Gasteiger partial charge in [-0.15, -0.1) is 0 Å². The number of aromatic carboxylic acids is 1. The summed E-state index contributed by atoms with van der Waals surface area (Å²) < 4.78 is 0. The maximum Gasteiger partial charge on any atom is 0.354 e. The summed E-state index contributed by atoms with van der Waals surface area (Å²) in [7, 11) is 0. The minimum absolute atomic E-state index is 0.0648. The van der Waals surface area contributed by atoms with Crippen LogP contribution in [-0.4, -0.2) is 26.0 Å². The summed E-state index contributed by atoms with van der Waals surface area (Å²) in [5.41, 5.74) is 1.06. The van der Waals surface area contributed by atoms with Gasteiger partial charge < -0.3 is 5.11 Å². The summed E-state index contributed by atoms with van der Waals surface area (Å²) in [6.07, 6.45) is 4.24. The Morgan fingerprint density at radius 1 is 1.25 bits per heavy atom. The van der Waals surface area contributed by atoms with Crippen molar-refractivity contribution in [3.63, 3.8) is 0 Å². The maximum absolute atomic E-state index is 10.7. The standard InChI is InChI=1S/C10H6ClN3O2/c11-7-1-6(3-12-4-7)8-2-9(10(15)16)14-5-13-8/h1-5H,(H,15,16). The second kappa shape index (κ2) is 4.24. The van der Waals surface area contributed by atoms with E-state index in [9.17, 15) is 4.79 Å². The fourth-order valence-electron chi connectivity index (χ4n) is 1.18. The van der Waals surface area contributed by atoms with Crippen molar-refractivity contribution in [2.45, 2.75) is 0 Å². The number of carboxylic acids is 1. The van der Waals surface area contributed by atoms with Gasteiger partial charge in [0.25, 0.3) is 0 Å². The molecule has 0 bridgehead atoms. The Labute approximate surface area is 95.8 Å². The van der Waals surface area contributed by atoms with E-state index < -0.39 is 5.97 Å². The van der Waals surface area contributed by atoms with Gasteiger partial charge in [-0.3, -0.25) is 4.98 Å². The second-order valence-electron chi connectivity index (χ2n) is 2.99. The van der Waals surface area contributed by atoms with Crippen LogP contribution in [0.4, 0.5) is 0 Å². The number of hydrogen-bond acceptors (Lipinski definition) is 4. The van der Waals surface area contributed by atoms with Crippen LogP contribution in [0.5, 0.6) is 0 Å². The van der Waals surface area contributed by atoms with Gasteiger partial charge in [0, 0.05) is 18.0 Å². The van der Waals surface area contributed by atoms with E-state index in [1.165, 1.54) is 18.6 Å². The lowest BCUT2D eigenvalue weighted by atomic mass is 10.2. The van der Waals surface area contributed by atoms with E-state index in [-0.39, 0.29) is 5.69 Å². The Hall–Kier alpha value is -2.01. The van der Waals surface area contributed by atoms with Crippen LogP contribution in [0, 0.1) is 0 Å². The van der Waals surface area contributed by atoms with Crippen molar-refractivity contribution in [1.82, 2.24) is 15.0 Å². The summed E-state index contributed by atoms with van der Waals surface area (Å²) in [6, 6.07) is 3.03. The van der Waals surface area contributed by atoms with E-state index in [1.807, 2.05) is 0 Å². The van der Waals surface area contributed by atoms with Gasteiger partial charge in [-0.2, -0.15) is 0 Å². The van der Waals surface area contributed by atoms with Crippen molar-refractivity contribution in [1.29, 1.82) is 0 Å². The molecule has 1 N–H and O–H groups in total. The van der Waals surface area contributed by atoms with Crippen LogP contribution < -0.4 is 0 Å². The molecule has 0 aliphatic rings. The Morgan fingerprint density at radius 2 is 2.06 bits per heavy atom. The molecule has 0 spiro atoms. The van der Waals surface area contributed by atoms with Crippen molar-refractivity contribution in [2.75, 3.05) is 0 Å². The monoisotopic (exact) mass is 235 g/mol. The molecule has 0 aliphatic carbocycles. The van der Waals surface area contributed by atoms with E-state index in [2.05, 4.69) is 15.0 Å². The first-order valence-corrected chi connectivity index (χ1v) is 4.71. The molecule has 0 aromatic carbocycles. The highest BCUT2D eigenvalue weighted by Crippen LogP contribution is 2.19. The zero-order chi connectivity index (χ0) is 11.5. The minimum atomic E-state index is -1.10. The van der Waals surface area contributed by atoms with Gasteiger partial charge in [0.2, 0.25) is 0 Å². The van der Waals surface area contributed by atoms with Crippen LogP contribution in [0.3, 0.4) is 0 Å². The van der Waals surface area contributed by atoms with Crippen molar-refractivity contribution < 1.29 is 9.90 Å². The van der Waals surface area contributed by atoms with Crippen molar-refractivity contribution in [3.05, 3.63) is 41.6 Å². The Kier molecular flexibility index (Phi) is 2.78. The number of carboxylic acid groups (broad SMARTS) is 1. The predicted octanol–water partition coefficient (Wildman–Crippen LogP) is 1.89. The van der Waals surface area contributed by atoms with Gasteiger partial charge in [0.15, 0.2) is 5.69 Å². The highest BCUT2D eigenvalue weighted by atomic mass is 35.5. The molecule has 80 valence electrons. The summed E-state index contributed by atoms with van der Waals surface area (Å²) in [5, 5.41) is 9.24. The second-order valence-corrected chi connectivity index (χ2v) is 3.42. The normalized spacial score (nSPS) is 10.1. The molecule has 2 rings (SSSR count). The number of carbonyl (C=O) groups is 1. The summed E-state index contributed by atoms with van der Waals surface area (Å²) >= 11 is 5.77. The van der Waals surface area contributed by atoms with Crippen LogP contribution in [0.2, 0.25) is 5.02 Å². The Morgan fingerprint density at radius 3 is 2.75 bits per heavy atom. The molecule has 2 aromatic heterocycles. The molecule has 6 heteroatoms. The highest BCUT2D eigenvalue weighted by molar-refractivity contribution is 6.30. The molecule has 0 unspecified atom stereocenters. The van der Waals surface area contributed by atoms with Gasteiger partial charge in [-0.1, -0.05) is 11.6 Å². The van der Waals surface area contributed by atoms with Crippen LogP contribution in [0.25, 0.3) is 11.3 Å². The van der Waals surface area contributed by atoms with E-state index in [1.54, 1.807) is 12.3 Å². The molecule has 0 radical (unpaired) electrons. The minimum Gasteiger partial charge on any atom is -0.477 e. The molecule has 2 heterocycles. The first-order chi connectivity index (χ1) is 7.66. The lowest BCUT2D eigenvalue weighted by Gasteiger charge is -2.01. The number of pyridine rings is 1. The summed E-state index contributed by atoms with van der Waals surface area (Å²) in [4.78, 5) is 22.2. The third-order valence-corrected chi connectivity index (χ3v) is 2.09. The highest BCUT2D eigenvalue weighted by Gasteiger charge is 2.07. The van der Waals surface area contributed by atoms with Crippen LogP contribution in [0.1, 0.15) is 10.5 Å². The molecular weight excluding hydrogens is 230 g/mol. The van der Waals surface area contributed by atoms with Crippen molar-refractivity contribution >= 4 is 17.6 Å². The van der Waals surface area contributed by atoms with Gasteiger partial charge >= 0.3 is 5.97 Å². The number of aromatic nitrogens is 3. The number of halogens is 1. The average molecular weight is 236 g/mol. The van der Waals surface area contributed by atoms with Gasteiger partial charge in [-0.25, -0.2) is 14.8 Å². The van der Waals surface area contributed by atoms with E-state index >= 15 is 0 Å². The number of rotatable bonds is 2. The van der Waals surface area contributed by atoms with Gasteiger partial charge in [-0.05, 0) is 12.1 Å². The molecule has 16 heavy (non-hydrogen) atoms. The quantitative estimate of drug-likeness (QED) is 0.860. The lowest BCUT2D eigenvalue weighted by Crippen LogP contribution is -2.01. The van der Waals surface area contributed by atoms with E-state index in [4.69, 9.17) is 16.7 Å². The molecule has 0 atom stereocenters. The molecule has 0 amide bonds. The molecule has 0 fully saturated rings. The Bertz CT molecular complexity index is 545. The SMILES string of the molecule is O=C(O)c1cc(-c2cncc(Cl)c2)ncn1. The largest absolute Gasteiger partial charge is 0.477 e. The lowest BCUT2D eigenvalue weighted by molar-refractivity contribution is 0.0690. The third kappa shape index (κ3) is 2.14. The fraction of sp³-hybridized carbons (Fsp3) is 0. The van der Waals surface area contributed by atoms with E-state index in [0.717, 1.165) is 0 Å². The van der Waals surface area contributed by atoms with Crippen molar-refractivity contribution in [3.8, 4) is 11.3 Å². The zero-order valence-electron chi connectivity index (χ0n) is 7.96. The molecular formula is C10H6ClN3O2. The zero-order valence-corrected chi connectivity index (χ0v) is 8.72. The van der Waals surface area contributed by atoms with Gasteiger partial charge in [0.1, 0.15) is 6.33 Å². The maximum atomic E-state index is 10.7. The van der Waals surface area contributed by atoms with Crippen molar-refractivity contribution in [2.24, 2.45) is 0 Å². The van der Waals surface area contributed by atoms with E-state index in [0.29, 0.717) is 16.3 Å². The average Bonchev–Trinajstić information content (AvgIpc) is 2.29. The molecule has 2 aromatic rings. The summed E-state index contributed by atoms with van der Waals surface area (Å²) in [6.45, 7) is 0. The number of hydrogen-bond donors (Lipinski definition) is 1.